The highest BCUT2D eigenvalue weighted by Crippen LogP contribution is 2.30. The number of amides is 1. The van der Waals surface area contributed by atoms with Gasteiger partial charge < -0.3 is 29.9 Å². The van der Waals surface area contributed by atoms with E-state index in [1.165, 1.54) is 0 Å². The molecule has 33 heavy (non-hydrogen) atoms. The van der Waals surface area contributed by atoms with E-state index in [9.17, 15) is 15.0 Å². The number of rotatable bonds is 10. The zero-order valence-corrected chi connectivity index (χ0v) is 19.9. The summed E-state index contributed by atoms with van der Waals surface area (Å²) in [5, 5.41) is 24.1. The van der Waals surface area contributed by atoms with Crippen molar-refractivity contribution in [1.29, 1.82) is 0 Å². The van der Waals surface area contributed by atoms with Crippen LogP contribution >= 0.6 is 11.6 Å². The molecule has 1 amide bonds. The zero-order chi connectivity index (χ0) is 23.8. The van der Waals surface area contributed by atoms with Crippen molar-refractivity contribution in [3.63, 3.8) is 0 Å². The van der Waals surface area contributed by atoms with E-state index in [0.717, 1.165) is 31.5 Å². The van der Waals surface area contributed by atoms with E-state index in [-0.39, 0.29) is 13.2 Å². The Balaban J connectivity index is 1.67. The summed E-state index contributed by atoms with van der Waals surface area (Å²) in [4.78, 5) is 14.7. The van der Waals surface area contributed by atoms with Crippen LogP contribution < -0.4 is 10.1 Å². The van der Waals surface area contributed by atoms with Crippen molar-refractivity contribution in [2.75, 3.05) is 26.2 Å². The fraction of sp³-hybridized carbons (Fsp3) is 0.480. The van der Waals surface area contributed by atoms with Crippen molar-refractivity contribution in [1.82, 2.24) is 10.2 Å². The Bertz CT molecular complexity index is 897. The molecule has 0 aromatic heterocycles. The van der Waals surface area contributed by atoms with Gasteiger partial charge in [-0.3, -0.25) is 0 Å². The number of alkyl carbamates (subject to hydrolysis) is 1. The summed E-state index contributed by atoms with van der Waals surface area (Å²) in [5.74, 6) is 0.418. The van der Waals surface area contributed by atoms with Gasteiger partial charge in [-0.25, -0.2) is 4.79 Å². The van der Waals surface area contributed by atoms with Crippen molar-refractivity contribution in [3.05, 3.63) is 64.7 Å². The van der Waals surface area contributed by atoms with E-state index < -0.39 is 23.8 Å². The van der Waals surface area contributed by atoms with E-state index in [0.29, 0.717) is 22.9 Å². The number of ether oxygens (including phenoxy) is 2. The van der Waals surface area contributed by atoms with Crippen LogP contribution in [0.15, 0.2) is 48.5 Å². The van der Waals surface area contributed by atoms with Crippen LogP contribution in [0.5, 0.6) is 5.75 Å². The molecule has 1 fully saturated rings. The third-order valence-corrected chi connectivity index (χ3v) is 5.72. The molecule has 0 spiro atoms. The largest absolute Gasteiger partial charge is 0.489 e. The fourth-order valence-corrected chi connectivity index (χ4v) is 3.93. The van der Waals surface area contributed by atoms with E-state index in [1.54, 1.807) is 32.0 Å². The lowest BCUT2D eigenvalue weighted by Gasteiger charge is -2.28. The second-order valence-corrected chi connectivity index (χ2v) is 9.46. The van der Waals surface area contributed by atoms with Crippen LogP contribution in [0, 0.1) is 0 Å². The molecule has 3 N–H and O–H groups in total. The number of likely N-dealkylation sites (tertiary alicyclic amines) is 1. The van der Waals surface area contributed by atoms with Crippen LogP contribution in [0.4, 0.5) is 4.79 Å². The van der Waals surface area contributed by atoms with Crippen molar-refractivity contribution >= 4 is 17.7 Å². The van der Waals surface area contributed by atoms with Gasteiger partial charge in [0.25, 0.3) is 0 Å². The van der Waals surface area contributed by atoms with Gasteiger partial charge in [0, 0.05) is 6.54 Å². The van der Waals surface area contributed by atoms with Gasteiger partial charge in [-0.15, -0.1) is 0 Å². The molecule has 1 aliphatic rings. The molecule has 1 saturated heterocycles. The number of hydrogen-bond donors (Lipinski definition) is 3. The van der Waals surface area contributed by atoms with Crippen LogP contribution in [0.25, 0.3) is 0 Å². The molecular formula is C25H33ClN2O5. The minimum atomic E-state index is -0.994. The number of nitrogens with one attached hydrogen (secondary N) is 1. The Kier molecular flexibility index (Phi) is 8.97. The third-order valence-electron chi connectivity index (χ3n) is 5.43. The smallest absolute Gasteiger partial charge is 0.407 e. The lowest BCUT2D eigenvalue weighted by Crippen LogP contribution is -2.46. The maximum absolute atomic E-state index is 12.5. The van der Waals surface area contributed by atoms with Crippen molar-refractivity contribution in [2.24, 2.45) is 0 Å². The maximum Gasteiger partial charge on any atom is 0.407 e. The standard InChI is InChI=1S/C25H33ClN2O5/c1-25(2,31)17-33-22-11-10-19(14-20(22)26)23(29)21(15-28-12-6-7-13-28)27-24(30)32-16-18-8-4-3-5-9-18/h3-5,8-11,14,21,23,29,31H,6-7,12-13,15-17H2,1-2H3,(H,27,30)/t21-,23?/m1/s1. The second-order valence-electron chi connectivity index (χ2n) is 9.06. The summed E-state index contributed by atoms with van der Waals surface area (Å²) >= 11 is 6.36. The molecule has 2 atom stereocenters. The molecular weight excluding hydrogens is 444 g/mol. The molecule has 1 unspecified atom stereocenters. The first-order valence-electron chi connectivity index (χ1n) is 11.2. The topological polar surface area (TPSA) is 91.3 Å². The van der Waals surface area contributed by atoms with Crippen LogP contribution in [-0.2, 0) is 11.3 Å². The van der Waals surface area contributed by atoms with E-state index in [4.69, 9.17) is 21.1 Å². The molecule has 0 radical (unpaired) electrons. The number of benzene rings is 2. The lowest BCUT2D eigenvalue weighted by molar-refractivity contribution is 0.0285. The summed E-state index contributed by atoms with van der Waals surface area (Å²) < 4.78 is 10.9. The summed E-state index contributed by atoms with van der Waals surface area (Å²) in [6, 6.07) is 13.9. The predicted molar refractivity (Wildman–Crippen MR) is 127 cm³/mol. The Morgan fingerprint density at radius 2 is 1.88 bits per heavy atom. The van der Waals surface area contributed by atoms with Gasteiger partial charge in [0.15, 0.2) is 0 Å². The first kappa shape index (κ1) is 25.3. The molecule has 1 heterocycles. The Hall–Kier alpha value is -2.32. The van der Waals surface area contributed by atoms with Crippen molar-refractivity contribution in [3.8, 4) is 5.75 Å². The van der Waals surface area contributed by atoms with Crippen LogP contribution in [0.2, 0.25) is 5.02 Å². The number of carbonyl (C=O) groups excluding carboxylic acids is 1. The van der Waals surface area contributed by atoms with Crippen LogP contribution in [0.1, 0.15) is 43.9 Å². The third kappa shape index (κ3) is 8.19. The SMILES string of the molecule is CC(C)(O)COc1ccc(C(O)[C@@H](CN2CCCC2)NC(=O)OCc2ccccc2)cc1Cl. The maximum atomic E-state index is 12.5. The monoisotopic (exact) mass is 476 g/mol. The summed E-state index contributed by atoms with van der Waals surface area (Å²) in [6.45, 7) is 5.87. The highest BCUT2D eigenvalue weighted by molar-refractivity contribution is 6.32. The molecule has 180 valence electrons. The summed E-state index contributed by atoms with van der Waals surface area (Å²) in [6.07, 6.45) is 0.620. The molecule has 1 aliphatic heterocycles. The van der Waals surface area contributed by atoms with Gasteiger partial charge in [-0.05, 0) is 63.0 Å². The lowest BCUT2D eigenvalue weighted by atomic mass is 10.0. The number of aliphatic hydroxyl groups is 2. The van der Waals surface area contributed by atoms with E-state index in [2.05, 4.69) is 10.2 Å². The van der Waals surface area contributed by atoms with Gasteiger partial charge in [0.1, 0.15) is 25.1 Å². The summed E-state index contributed by atoms with van der Waals surface area (Å²) in [5.41, 5.74) is 0.452. The Morgan fingerprint density at radius 3 is 2.52 bits per heavy atom. The molecule has 0 bridgehead atoms. The van der Waals surface area contributed by atoms with E-state index in [1.807, 2.05) is 30.3 Å². The van der Waals surface area contributed by atoms with Crippen molar-refractivity contribution in [2.45, 2.75) is 51.0 Å². The van der Waals surface area contributed by atoms with Crippen LogP contribution in [0.3, 0.4) is 0 Å². The average Bonchev–Trinajstić information content (AvgIpc) is 3.29. The second kappa shape index (κ2) is 11.7. The highest BCUT2D eigenvalue weighted by atomic mass is 35.5. The normalized spacial score (nSPS) is 16.3. The van der Waals surface area contributed by atoms with Gasteiger partial charge in [0.05, 0.1) is 16.7 Å². The van der Waals surface area contributed by atoms with Crippen LogP contribution in [-0.4, -0.2) is 59.1 Å². The molecule has 2 aromatic carbocycles. The Labute approximate surface area is 200 Å². The van der Waals surface area contributed by atoms with Gasteiger partial charge in [-0.2, -0.15) is 0 Å². The summed E-state index contributed by atoms with van der Waals surface area (Å²) in [7, 11) is 0. The number of nitrogens with zero attached hydrogens (tertiary/aromatic N) is 1. The average molecular weight is 477 g/mol. The quantitative estimate of drug-likeness (QED) is 0.481. The fourth-order valence-electron chi connectivity index (χ4n) is 3.69. The zero-order valence-electron chi connectivity index (χ0n) is 19.2. The first-order chi connectivity index (χ1) is 15.7. The molecule has 8 heteroatoms. The predicted octanol–water partition coefficient (Wildman–Crippen LogP) is 3.91. The van der Waals surface area contributed by atoms with Gasteiger partial charge in [-0.1, -0.05) is 48.0 Å². The molecule has 3 rings (SSSR count). The molecule has 7 nitrogen and oxygen atoms in total. The number of carbonyl (C=O) groups is 1. The molecule has 2 aromatic rings. The minimum Gasteiger partial charge on any atom is -0.489 e. The highest BCUT2D eigenvalue weighted by Gasteiger charge is 2.28. The minimum absolute atomic E-state index is 0.0843. The van der Waals surface area contributed by atoms with Gasteiger partial charge in [0.2, 0.25) is 0 Å². The van der Waals surface area contributed by atoms with Crippen molar-refractivity contribution < 1.29 is 24.5 Å². The number of aliphatic hydroxyl groups excluding tert-OH is 1. The van der Waals surface area contributed by atoms with E-state index >= 15 is 0 Å². The molecule has 0 aliphatic carbocycles. The number of hydrogen-bond acceptors (Lipinski definition) is 6. The molecule has 0 saturated carbocycles. The first-order valence-corrected chi connectivity index (χ1v) is 11.6. The van der Waals surface area contributed by atoms with Gasteiger partial charge >= 0.3 is 6.09 Å². The Morgan fingerprint density at radius 1 is 1.18 bits per heavy atom. The number of halogens is 1.